The molecule has 0 radical (unpaired) electrons. The molecule has 0 bridgehead atoms. The molecule has 0 spiro atoms. The van der Waals surface area contributed by atoms with Crippen molar-refractivity contribution < 1.29 is 31.9 Å². The minimum Gasteiger partial charge on any atom is -0.406 e. The highest BCUT2D eigenvalue weighted by Crippen LogP contribution is 2.32. The van der Waals surface area contributed by atoms with Crippen LogP contribution in [0.5, 0.6) is 5.75 Å². The van der Waals surface area contributed by atoms with Crippen LogP contribution in [-0.4, -0.2) is 23.2 Å². The molecule has 1 aliphatic heterocycles. The zero-order valence-corrected chi connectivity index (χ0v) is 14.0. The summed E-state index contributed by atoms with van der Waals surface area (Å²) in [6.45, 7) is 1.16. The summed E-state index contributed by atoms with van der Waals surface area (Å²) in [4.78, 5) is 25.9. The molecule has 1 fully saturated rings. The molecular weight excluding hydrogens is 368 g/mol. The van der Waals surface area contributed by atoms with Crippen LogP contribution in [0.4, 0.5) is 22.4 Å². The minimum absolute atomic E-state index is 0.166. The Hall–Kier alpha value is -3.10. The van der Waals surface area contributed by atoms with Gasteiger partial charge in [-0.3, -0.25) is 9.69 Å². The molecule has 142 valence electrons. The number of nitrogens with one attached hydrogen (secondary N) is 1. The number of hydrogen-bond donors (Lipinski definition) is 1. The van der Waals surface area contributed by atoms with Gasteiger partial charge in [-0.25, -0.2) is 9.18 Å². The standard InChI is InChI=1S/C18H14F4N2O3/c1-17(12-6-8-13(9-7-12)27-18(20,21)22)15(25)24(16(26)23-17)10-11-4-2-3-5-14(11)19/h2-9H,10H2,1H3,(H,23,26). The van der Waals surface area contributed by atoms with Gasteiger partial charge >= 0.3 is 12.4 Å². The van der Waals surface area contributed by atoms with E-state index < -0.39 is 35.4 Å². The van der Waals surface area contributed by atoms with E-state index in [0.29, 0.717) is 0 Å². The van der Waals surface area contributed by atoms with Crippen LogP contribution in [0, 0.1) is 5.82 Å². The summed E-state index contributed by atoms with van der Waals surface area (Å²) in [5.74, 6) is -1.64. The van der Waals surface area contributed by atoms with Gasteiger partial charge in [0.15, 0.2) is 0 Å². The summed E-state index contributed by atoms with van der Waals surface area (Å²) in [5, 5.41) is 2.51. The number of ether oxygens (including phenoxy) is 1. The molecular formula is C18H14F4N2O3. The zero-order chi connectivity index (χ0) is 19.8. The van der Waals surface area contributed by atoms with Crippen LogP contribution in [-0.2, 0) is 16.9 Å². The van der Waals surface area contributed by atoms with Crippen molar-refractivity contribution in [3.8, 4) is 5.75 Å². The van der Waals surface area contributed by atoms with Crippen LogP contribution in [0.3, 0.4) is 0 Å². The van der Waals surface area contributed by atoms with Crippen molar-refractivity contribution in [3.05, 3.63) is 65.5 Å². The van der Waals surface area contributed by atoms with Crippen molar-refractivity contribution in [1.82, 2.24) is 10.2 Å². The van der Waals surface area contributed by atoms with Gasteiger partial charge < -0.3 is 10.1 Å². The van der Waals surface area contributed by atoms with E-state index in [1.807, 2.05) is 0 Å². The second kappa shape index (κ2) is 6.57. The summed E-state index contributed by atoms with van der Waals surface area (Å²) >= 11 is 0. The number of carbonyl (C=O) groups excluding carboxylic acids is 2. The molecule has 1 N–H and O–H groups in total. The number of halogens is 4. The monoisotopic (exact) mass is 382 g/mol. The molecule has 2 aromatic carbocycles. The smallest absolute Gasteiger partial charge is 0.406 e. The lowest BCUT2D eigenvalue weighted by Crippen LogP contribution is -2.40. The van der Waals surface area contributed by atoms with E-state index in [9.17, 15) is 27.2 Å². The number of rotatable bonds is 4. The van der Waals surface area contributed by atoms with Crippen molar-refractivity contribution in [2.75, 3.05) is 0 Å². The maximum atomic E-state index is 13.8. The molecule has 2 aromatic rings. The van der Waals surface area contributed by atoms with Gasteiger partial charge in [0.1, 0.15) is 17.1 Å². The third kappa shape index (κ3) is 3.71. The molecule has 3 amide bonds. The normalized spacial score (nSPS) is 20.0. The number of alkyl halides is 3. The number of benzene rings is 2. The average Bonchev–Trinajstić information content (AvgIpc) is 2.80. The lowest BCUT2D eigenvalue weighted by molar-refractivity contribution is -0.274. The highest BCUT2D eigenvalue weighted by Gasteiger charge is 2.49. The van der Waals surface area contributed by atoms with E-state index in [2.05, 4.69) is 10.1 Å². The topological polar surface area (TPSA) is 58.6 Å². The summed E-state index contributed by atoms with van der Waals surface area (Å²) in [6.07, 6.45) is -4.83. The van der Waals surface area contributed by atoms with Crippen LogP contribution in [0.25, 0.3) is 0 Å². The van der Waals surface area contributed by atoms with Crippen molar-refractivity contribution in [1.29, 1.82) is 0 Å². The molecule has 1 heterocycles. The first-order chi connectivity index (χ1) is 12.6. The first-order valence-electron chi connectivity index (χ1n) is 7.84. The number of imide groups is 1. The Balaban J connectivity index is 1.83. The number of amides is 3. The van der Waals surface area contributed by atoms with E-state index in [0.717, 1.165) is 17.0 Å². The molecule has 1 unspecified atom stereocenters. The van der Waals surface area contributed by atoms with Crippen LogP contribution < -0.4 is 10.1 Å². The summed E-state index contributed by atoms with van der Waals surface area (Å²) in [6, 6.07) is 9.62. The summed E-state index contributed by atoms with van der Waals surface area (Å²) in [5.41, 5.74) is -1.05. The Kier molecular flexibility index (Phi) is 4.54. The van der Waals surface area contributed by atoms with Gasteiger partial charge in [0.05, 0.1) is 6.54 Å². The van der Waals surface area contributed by atoms with Gasteiger partial charge in [-0.2, -0.15) is 0 Å². The highest BCUT2D eigenvalue weighted by atomic mass is 19.4. The van der Waals surface area contributed by atoms with E-state index in [1.54, 1.807) is 6.07 Å². The van der Waals surface area contributed by atoms with Crippen molar-refractivity contribution in [3.63, 3.8) is 0 Å². The second-order valence-corrected chi connectivity index (χ2v) is 6.11. The maximum absolute atomic E-state index is 13.8. The Morgan fingerprint density at radius 3 is 2.30 bits per heavy atom. The van der Waals surface area contributed by atoms with Crippen LogP contribution in [0.1, 0.15) is 18.1 Å². The minimum atomic E-state index is -4.83. The van der Waals surface area contributed by atoms with Gasteiger partial charge in [-0.05, 0) is 30.7 Å². The van der Waals surface area contributed by atoms with Gasteiger partial charge in [0, 0.05) is 5.56 Å². The first-order valence-corrected chi connectivity index (χ1v) is 7.84. The number of carbonyl (C=O) groups is 2. The molecule has 27 heavy (non-hydrogen) atoms. The molecule has 0 saturated carbocycles. The van der Waals surface area contributed by atoms with Crippen molar-refractivity contribution >= 4 is 11.9 Å². The Morgan fingerprint density at radius 1 is 1.07 bits per heavy atom. The fourth-order valence-corrected chi connectivity index (χ4v) is 2.82. The molecule has 0 aromatic heterocycles. The molecule has 5 nitrogen and oxygen atoms in total. The van der Waals surface area contributed by atoms with E-state index in [1.165, 1.54) is 37.3 Å². The van der Waals surface area contributed by atoms with Crippen molar-refractivity contribution in [2.45, 2.75) is 25.4 Å². The third-order valence-corrected chi connectivity index (χ3v) is 4.23. The van der Waals surface area contributed by atoms with Gasteiger partial charge in [0.2, 0.25) is 0 Å². The number of urea groups is 1. The van der Waals surface area contributed by atoms with Gasteiger partial charge in [-0.1, -0.05) is 30.3 Å². The number of nitrogens with zero attached hydrogens (tertiary/aromatic N) is 1. The fourth-order valence-electron chi connectivity index (χ4n) is 2.82. The fraction of sp³-hybridized carbons (Fsp3) is 0.222. The quantitative estimate of drug-likeness (QED) is 0.648. The molecule has 9 heteroatoms. The average molecular weight is 382 g/mol. The Labute approximate surface area is 151 Å². The summed E-state index contributed by atoms with van der Waals surface area (Å²) in [7, 11) is 0. The SMILES string of the molecule is CC1(c2ccc(OC(F)(F)F)cc2)NC(=O)N(Cc2ccccc2F)C1=O. The number of hydrogen-bond acceptors (Lipinski definition) is 3. The first kappa shape index (κ1) is 18.7. The lowest BCUT2D eigenvalue weighted by Gasteiger charge is -2.22. The molecule has 0 aliphatic carbocycles. The Morgan fingerprint density at radius 2 is 1.70 bits per heavy atom. The van der Waals surface area contributed by atoms with Crippen LogP contribution >= 0.6 is 0 Å². The largest absolute Gasteiger partial charge is 0.573 e. The predicted octanol–water partition coefficient (Wildman–Crippen LogP) is 3.69. The van der Waals surface area contributed by atoms with Crippen molar-refractivity contribution in [2.24, 2.45) is 0 Å². The Bertz CT molecular complexity index is 883. The van der Waals surface area contributed by atoms with Crippen LogP contribution in [0.15, 0.2) is 48.5 Å². The van der Waals surface area contributed by atoms with Gasteiger partial charge in [-0.15, -0.1) is 13.2 Å². The lowest BCUT2D eigenvalue weighted by atomic mass is 9.92. The summed E-state index contributed by atoms with van der Waals surface area (Å²) < 4.78 is 54.4. The maximum Gasteiger partial charge on any atom is 0.573 e. The zero-order valence-electron chi connectivity index (χ0n) is 14.0. The third-order valence-electron chi connectivity index (χ3n) is 4.23. The van der Waals surface area contributed by atoms with E-state index in [4.69, 9.17) is 0 Å². The van der Waals surface area contributed by atoms with E-state index >= 15 is 0 Å². The predicted molar refractivity (Wildman–Crippen MR) is 86.0 cm³/mol. The van der Waals surface area contributed by atoms with Crippen LogP contribution in [0.2, 0.25) is 0 Å². The van der Waals surface area contributed by atoms with Gasteiger partial charge in [0.25, 0.3) is 5.91 Å². The molecule has 3 rings (SSSR count). The van der Waals surface area contributed by atoms with E-state index in [-0.39, 0.29) is 17.7 Å². The molecule has 1 aliphatic rings. The second-order valence-electron chi connectivity index (χ2n) is 6.11. The highest BCUT2D eigenvalue weighted by molar-refractivity contribution is 6.07. The molecule has 1 atom stereocenters. The molecule has 1 saturated heterocycles.